The van der Waals surface area contributed by atoms with E-state index in [1.807, 2.05) is 26.1 Å². The Labute approximate surface area is 127 Å². The minimum absolute atomic E-state index is 0.103. The van der Waals surface area contributed by atoms with Gasteiger partial charge in [0.2, 0.25) is 0 Å². The molecular weight excluding hydrogens is 261 g/mol. The zero-order valence-electron chi connectivity index (χ0n) is 13.3. The second kappa shape index (κ2) is 6.86. The van der Waals surface area contributed by atoms with Crippen molar-refractivity contribution in [3.8, 4) is 0 Å². The highest BCUT2D eigenvalue weighted by Crippen LogP contribution is 2.27. The van der Waals surface area contributed by atoms with E-state index >= 15 is 0 Å². The van der Waals surface area contributed by atoms with E-state index in [0.717, 1.165) is 18.4 Å². The van der Waals surface area contributed by atoms with E-state index in [0.29, 0.717) is 5.56 Å². The van der Waals surface area contributed by atoms with E-state index in [-0.39, 0.29) is 11.9 Å². The standard InChI is InChI=1S/C19H24FN/c1-5-14-7-8-15(6-2)17(12-14)19(21-4)16-9-10-18(20)13(3)11-16/h7-12,19,21H,5-6H2,1-4H3. The fraction of sp³-hybridized carbons (Fsp3) is 0.368. The number of aryl methyl sites for hydroxylation is 3. The molecular formula is C19H24FN. The summed E-state index contributed by atoms with van der Waals surface area (Å²) in [5.74, 6) is -0.147. The quantitative estimate of drug-likeness (QED) is 0.848. The van der Waals surface area contributed by atoms with Gasteiger partial charge in [0.1, 0.15) is 5.82 Å². The maximum absolute atomic E-state index is 13.5. The molecule has 0 aliphatic heterocycles. The predicted molar refractivity (Wildman–Crippen MR) is 87.2 cm³/mol. The van der Waals surface area contributed by atoms with E-state index in [4.69, 9.17) is 0 Å². The van der Waals surface area contributed by atoms with Gasteiger partial charge >= 0.3 is 0 Å². The Morgan fingerprint density at radius 2 is 1.81 bits per heavy atom. The number of hydrogen-bond donors (Lipinski definition) is 1. The van der Waals surface area contributed by atoms with Crippen molar-refractivity contribution in [2.24, 2.45) is 0 Å². The number of benzene rings is 2. The molecule has 0 aliphatic rings. The summed E-state index contributed by atoms with van der Waals surface area (Å²) in [6, 6.07) is 12.2. The zero-order chi connectivity index (χ0) is 15.4. The van der Waals surface area contributed by atoms with Gasteiger partial charge in [-0.05, 0) is 60.7 Å². The Morgan fingerprint density at radius 1 is 1.05 bits per heavy atom. The number of hydrogen-bond acceptors (Lipinski definition) is 1. The maximum atomic E-state index is 13.5. The van der Waals surface area contributed by atoms with Crippen molar-refractivity contribution in [1.82, 2.24) is 5.32 Å². The molecule has 0 radical (unpaired) electrons. The van der Waals surface area contributed by atoms with Gasteiger partial charge in [-0.2, -0.15) is 0 Å². The first kappa shape index (κ1) is 15.7. The third kappa shape index (κ3) is 3.33. The number of halogens is 1. The van der Waals surface area contributed by atoms with Crippen molar-refractivity contribution in [1.29, 1.82) is 0 Å². The highest BCUT2D eigenvalue weighted by atomic mass is 19.1. The molecule has 112 valence electrons. The predicted octanol–water partition coefficient (Wildman–Crippen LogP) is 4.57. The molecule has 21 heavy (non-hydrogen) atoms. The number of nitrogens with one attached hydrogen (secondary N) is 1. The minimum Gasteiger partial charge on any atom is -0.309 e. The summed E-state index contributed by atoms with van der Waals surface area (Å²) in [4.78, 5) is 0. The van der Waals surface area contributed by atoms with Gasteiger partial charge in [0.05, 0.1) is 6.04 Å². The van der Waals surface area contributed by atoms with Crippen molar-refractivity contribution in [2.75, 3.05) is 7.05 Å². The maximum Gasteiger partial charge on any atom is 0.126 e. The summed E-state index contributed by atoms with van der Waals surface area (Å²) in [5, 5.41) is 3.38. The van der Waals surface area contributed by atoms with Gasteiger partial charge in [-0.3, -0.25) is 0 Å². The molecule has 0 heterocycles. The molecule has 1 unspecified atom stereocenters. The van der Waals surface area contributed by atoms with Crippen LogP contribution in [0.1, 0.15) is 47.7 Å². The highest BCUT2D eigenvalue weighted by molar-refractivity contribution is 5.41. The molecule has 0 bridgehead atoms. The molecule has 0 aliphatic carbocycles. The second-order valence-corrected chi connectivity index (χ2v) is 5.47. The van der Waals surface area contributed by atoms with E-state index in [1.54, 1.807) is 6.07 Å². The van der Waals surface area contributed by atoms with Gasteiger partial charge in [0.25, 0.3) is 0 Å². The van der Waals surface area contributed by atoms with Gasteiger partial charge in [-0.25, -0.2) is 4.39 Å². The first-order chi connectivity index (χ1) is 10.1. The summed E-state index contributed by atoms with van der Waals surface area (Å²) < 4.78 is 13.5. The summed E-state index contributed by atoms with van der Waals surface area (Å²) in [5.41, 5.74) is 5.77. The Kier molecular flexibility index (Phi) is 5.13. The molecule has 1 N–H and O–H groups in total. The summed E-state index contributed by atoms with van der Waals surface area (Å²) >= 11 is 0. The van der Waals surface area contributed by atoms with Crippen LogP contribution in [-0.2, 0) is 12.8 Å². The Balaban J connectivity index is 2.51. The Morgan fingerprint density at radius 3 is 2.38 bits per heavy atom. The smallest absolute Gasteiger partial charge is 0.126 e. The molecule has 0 saturated carbocycles. The zero-order valence-corrected chi connectivity index (χ0v) is 13.3. The van der Waals surface area contributed by atoms with Crippen molar-refractivity contribution in [3.63, 3.8) is 0 Å². The average Bonchev–Trinajstić information content (AvgIpc) is 2.51. The molecule has 2 rings (SSSR count). The molecule has 0 aromatic heterocycles. The molecule has 0 spiro atoms. The van der Waals surface area contributed by atoms with Crippen molar-refractivity contribution in [2.45, 2.75) is 39.7 Å². The third-order valence-corrected chi connectivity index (χ3v) is 4.11. The van der Waals surface area contributed by atoms with Gasteiger partial charge in [-0.1, -0.05) is 44.2 Å². The molecule has 0 amide bonds. The summed E-state index contributed by atoms with van der Waals surface area (Å²) in [6.45, 7) is 6.16. The van der Waals surface area contributed by atoms with Gasteiger partial charge in [0, 0.05) is 0 Å². The average molecular weight is 285 g/mol. The molecule has 2 aromatic carbocycles. The van der Waals surface area contributed by atoms with E-state index in [9.17, 15) is 4.39 Å². The van der Waals surface area contributed by atoms with Gasteiger partial charge < -0.3 is 5.32 Å². The van der Waals surface area contributed by atoms with Crippen LogP contribution in [0, 0.1) is 12.7 Å². The van der Waals surface area contributed by atoms with Crippen molar-refractivity contribution < 1.29 is 4.39 Å². The largest absolute Gasteiger partial charge is 0.309 e. The third-order valence-electron chi connectivity index (χ3n) is 4.11. The van der Waals surface area contributed by atoms with Crippen LogP contribution in [-0.4, -0.2) is 7.05 Å². The van der Waals surface area contributed by atoms with Crippen LogP contribution >= 0.6 is 0 Å². The summed E-state index contributed by atoms with van der Waals surface area (Å²) in [7, 11) is 1.96. The second-order valence-electron chi connectivity index (χ2n) is 5.47. The molecule has 2 aromatic rings. The topological polar surface area (TPSA) is 12.0 Å². The van der Waals surface area contributed by atoms with Crippen LogP contribution in [0.3, 0.4) is 0 Å². The SMILES string of the molecule is CCc1ccc(CC)c(C(NC)c2ccc(F)c(C)c2)c1. The lowest BCUT2D eigenvalue weighted by molar-refractivity contribution is 0.613. The van der Waals surface area contributed by atoms with Crippen molar-refractivity contribution >= 4 is 0 Å². The number of rotatable bonds is 5. The molecule has 0 saturated heterocycles. The van der Waals surface area contributed by atoms with E-state index in [1.165, 1.54) is 16.7 Å². The highest BCUT2D eigenvalue weighted by Gasteiger charge is 2.16. The van der Waals surface area contributed by atoms with E-state index < -0.39 is 0 Å². The Bertz CT molecular complexity index is 619. The van der Waals surface area contributed by atoms with Gasteiger partial charge in [0.15, 0.2) is 0 Å². The lowest BCUT2D eigenvalue weighted by atomic mass is 9.90. The van der Waals surface area contributed by atoms with Gasteiger partial charge in [-0.15, -0.1) is 0 Å². The summed E-state index contributed by atoms with van der Waals surface area (Å²) in [6.07, 6.45) is 2.02. The normalized spacial score (nSPS) is 12.4. The molecule has 2 heteroatoms. The lowest BCUT2D eigenvalue weighted by Gasteiger charge is -2.22. The molecule has 0 fully saturated rings. The van der Waals surface area contributed by atoms with Crippen LogP contribution in [0.4, 0.5) is 4.39 Å². The van der Waals surface area contributed by atoms with E-state index in [2.05, 4.69) is 37.4 Å². The fourth-order valence-corrected chi connectivity index (χ4v) is 2.80. The first-order valence-corrected chi connectivity index (χ1v) is 7.65. The van der Waals surface area contributed by atoms with Crippen LogP contribution in [0.15, 0.2) is 36.4 Å². The Hall–Kier alpha value is -1.67. The minimum atomic E-state index is -0.147. The van der Waals surface area contributed by atoms with Crippen LogP contribution in [0.25, 0.3) is 0 Å². The molecule has 1 nitrogen and oxygen atoms in total. The van der Waals surface area contributed by atoms with Crippen LogP contribution < -0.4 is 5.32 Å². The van der Waals surface area contributed by atoms with Crippen LogP contribution in [0.5, 0.6) is 0 Å². The molecule has 1 atom stereocenters. The fourth-order valence-electron chi connectivity index (χ4n) is 2.80. The van der Waals surface area contributed by atoms with Crippen molar-refractivity contribution in [3.05, 3.63) is 70.0 Å². The van der Waals surface area contributed by atoms with Crippen LogP contribution in [0.2, 0.25) is 0 Å². The monoisotopic (exact) mass is 285 g/mol. The first-order valence-electron chi connectivity index (χ1n) is 7.65. The lowest BCUT2D eigenvalue weighted by Crippen LogP contribution is -2.19.